The van der Waals surface area contributed by atoms with Crippen LogP contribution in [0.2, 0.25) is 0 Å². The van der Waals surface area contributed by atoms with E-state index in [-0.39, 0.29) is 11.0 Å². The number of aromatic nitrogens is 1. The molecular formula is C16H13N5OS. The molecule has 0 amide bonds. The van der Waals surface area contributed by atoms with Gasteiger partial charge in [-0.15, -0.1) is 10.2 Å². The van der Waals surface area contributed by atoms with Crippen molar-refractivity contribution in [2.75, 3.05) is 0 Å². The molecule has 0 unspecified atom stereocenters. The molecule has 3 rings (SSSR count). The van der Waals surface area contributed by atoms with Gasteiger partial charge in [-0.2, -0.15) is 5.10 Å². The number of hydrogen-bond donors (Lipinski definition) is 3. The van der Waals surface area contributed by atoms with Crippen molar-refractivity contribution in [2.45, 2.75) is 0 Å². The number of hydrogen-bond acceptors (Lipinski definition) is 4. The zero-order valence-corrected chi connectivity index (χ0v) is 12.8. The first-order valence-corrected chi connectivity index (χ1v) is 7.24. The van der Waals surface area contributed by atoms with Gasteiger partial charge in [0.05, 0.1) is 11.7 Å². The van der Waals surface area contributed by atoms with E-state index < -0.39 is 0 Å². The number of hydrazone groups is 1. The molecule has 3 aromatic rings. The molecular weight excluding hydrogens is 310 g/mol. The largest absolute Gasteiger partial charge is 0.493 e. The third kappa shape index (κ3) is 3.58. The molecule has 0 radical (unpaired) electrons. The van der Waals surface area contributed by atoms with Crippen LogP contribution >= 0.6 is 12.2 Å². The van der Waals surface area contributed by atoms with E-state index in [9.17, 15) is 5.11 Å². The van der Waals surface area contributed by atoms with Crippen molar-refractivity contribution < 1.29 is 5.11 Å². The predicted molar refractivity (Wildman–Crippen MR) is 94.2 cm³/mol. The third-order valence-electron chi connectivity index (χ3n) is 3.07. The Morgan fingerprint density at radius 2 is 1.83 bits per heavy atom. The Labute approximate surface area is 137 Å². The summed E-state index contributed by atoms with van der Waals surface area (Å²) in [6.45, 7) is 0. The van der Waals surface area contributed by atoms with Crippen molar-refractivity contribution in [3.8, 4) is 5.88 Å². The zero-order chi connectivity index (χ0) is 16.1. The van der Waals surface area contributed by atoms with Crippen molar-refractivity contribution in [3.63, 3.8) is 0 Å². The van der Waals surface area contributed by atoms with Crippen LogP contribution in [-0.2, 0) is 0 Å². The van der Waals surface area contributed by atoms with Gasteiger partial charge in [0.2, 0.25) is 11.0 Å². The summed E-state index contributed by atoms with van der Waals surface area (Å²) in [5, 5.41) is 22.6. The predicted octanol–water partition coefficient (Wildman–Crippen LogP) is 3.87. The number of nitrogens with one attached hydrogen (secondary N) is 2. The molecule has 0 fully saturated rings. The Kier molecular flexibility index (Phi) is 4.39. The Balaban J connectivity index is 1.68. The molecule has 23 heavy (non-hydrogen) atoms. The van der Waals surface area contributed by atoms with E-state index in [0.717, 1.165) is 16.5 Å². The Morgan fingerprint density at radius 1 is 1.09 bits per heavy atom. The van der Waals surface area contributed by atoms with Crippen LogP contribution in [0.1, 0.15) is 5.56 Å². The summed E-state index contributed by atoms with van der Waals surface area (Å²) in [5.74, 6) is -0.0504. The van der Waals surface area contributed by atoms with Crippen LogP contribution in [0.4, 0.5) is 5.69 Å². The van der Waals surface area contributed by atoms with Gasteiger partial charge in [0.1, 0.15) is 0 Å². The first-order chi connectivity index (χ1) is 11.2. The zero-order valence-electron chi connectivity index (χ0n) is 12.0. The molecule has 1 heterocycles. The minimum atomic E-state index is -0.0504. The van der Waals surface area contributed by atoms with Crippen LogP contribution in [-0.4, -0.2) is 21.4 Å². The van der Waals surface area contributed by atoms with Gasteiger partial charge in [-0.3, -0.25) is 5.43 Å². The first kappa shape index (κ1) is 14.9. The number of para-hydroxylation sites is 1. The van der Waals surface area contributed by atoms with Crippen LogP contribution < -0.4 is 5.43 Å². The van der Waals surface area contributed by atoms with Gasteiger partial charge in [-0.25, -0.2) is 0 Å². The lowest BCUT2D eigenvalue weighted by Gasteiger charge is -1.95. The molecule has 0 atom stereocenters. The van der Waals surface area contributed by atoms with E-state index in [0.29, 0.717) is 5.69 Å². The first-order valence-electron chi connectivity index (χ1n) is 6.83. The highest BCUT2D eigenvalue weighted by atomic mass is 32.1. The monoisotopic (exact) mass is 323 g/mol. The summed E-state index contributed by atoms with van der Waals surface area (Å²) >= 11 is 5.03. The quantitative estimate of drug-likeness (QED) is 0.296. The fraction of sp³-hybridized carbons (Fsp3) is 0. The molecule has 2 aromatic carbocycles. The van der Waals surface area contributed by atoms with Crippen LogP contribution in [0.3, 0.4) is 0 Å². The number of nitrogens with zero attached hydrogens (tertiary/aromatic N) is 3. The summed E-state index contributed by atoms with van der Waals surface area (Å²) in [4.78, 5) is 2.82. The fourth-order valence-electron chi connectivity index (χ4n) is 2.03. The molecule has 0 saturated carbocycles. The third-order valence-corrected chi connectivity index (χ3v) is 3.25. The lowest BCUT2D eigenvalue weighted by Crippen LogP contribution is -2.11. The SMILES string of the molecule is Oc1[nH]c2ccccc2c1N=NC(=S)N/N=C\c1ccccc1. The summed E-state index contributed by atoms with van der Waals surface area (Å²) < 4.78 is 0. The molecule has 0 aliphatic carbocycles. The van der Waals surface area contributed by atoms with Crippen LogP contribution in [0.25, 0.3) is 10.9 Å². The number of aromatic amines is 1. The maximum absolute atomic E-state index is 9.87. The fourth-order valence-corrected chi connectivity index (χ4v) is 2.13. The number of H-pyrrole nitrogens is 1. The smallest absolute Gasteiger partial charge is 0.234 e. The average molecular weight is 323 g/mol. The van der Waals surface area contributed by atoms with Gasteiger partial charge in [0, 0.05) is 5.39 Å². The minimum Gasteiger partial charge on any atom is -0.493 e. The van der Waals surface area contributed by atoms with Gasteiger partial charge in [-0.05, 0) is 23.8 Å². The van der Waals surface area contributed by atoms with Crippen molar-refractivity contribution in [1.29, 1.82) is 0 Å². The van der Waals surface area contributed by atoms with Crippen molar-refractivity contribution in [3.05, 3.63) is 60.2 Å². The van der Waals surface area contributed by atoms with Gasteiger partial charge in [0.15, 0.2) is 5.69 Å². The molecule has 3 N–H and O–H groups in total. The molecule has 0 saturated heterocycles. The second kappa shape index (κ2) is 6.80. The Morgan fingerprint density at radius 3 is 2.65 bits per heavy atom. The second-order valence-electron chi connectivity index (χ2n) is 4.65. The number of aromatic hydroxyl groups is 1. The van der Waals surface area contributed by atoms with Crippen LogP contribution in [0.5, 0.6) is 5.88 Å². The van der Waals surface area contributed by atoms with E-state index in [2.05, 4.69) is 25.7 Å². The minimum absolute atomic E-state index is 0.0504. The molecule has 1 aromatic heterocycles. The second-order valence-corrected chi connectivity index (χ2v) is 5.04. The summed E-state index contributed by atoms with van der Waals surface area (Å²) in [6.07, 6.45) is 1.63. The molecule has 114 valence electrons. The van der Waals surface area contributed by atoms with Gasteiger partial charge >= 0.3 is 0 Å². The highest BCUT2D eigenvalue weighted by Gasteiger charge is 2.09. The van der Waals surface area contributed by atoms with Crippen molar-refractivity contribution >= 4 is 40.1 Å². The Hall–Kier alpha value is -3.06. The Bertz CT molecular complexity index is 886. The molecule has 0 aliphatic heterocycles. The standard InChI is InChI=1S/C16H13N5OS/c22-15-14(12-8-4-5-9-13(12)18-15)19-21-16(23)20-17-10-11-6-2-1-3-7-11/h1-10,18,22H,(H,20,23)/b17-10-,21-19?. The number of thiocarbonyl (C=S) groups is 1. The number of azo groups is 1. The van der Waals surface area contributed by atoms with Crippen molar-refractivity contribution in [1.82, 2.24) is 10.4 Å². The molecule has 6 nitrogen and oxygen atoms in total. The van der Waals surface area contributed by atoms with E-state index in [1.807, 2.05) is 54.6 Å². The lowest BCUT2D eigenvalue weighted by molar-refractivity contribution is 0.459. The van der Waals surface area contributed by atoms with E-state index in [1.54, 1.807) is 6.21 Å². The summed E-state index contributed by atoms with van der Waals surface area (Å²) in [7, 11) is 0. The molecule has 0 spiro atoms. The highest BCUT2D eigenvalue weighted by molar-refractivity contribution is 7.80. The number of rotatable bonds is 3. The average Bonchev–Trinajstić information content (AvgIpc) is 2.89. The normalized spacial score (nSPS) is 11.5. The van der Waals surface area contributed by atoms with Crippen molar-refractivity contribution in [2.24, 2.45) is 15.3 Å². The number of fused-ring (bicyclic) bond motifs is 1. The molecule has 0 aliphatic rings. The molecule has 0 bridgehead atoms. The summed E-state index contributed by atoms with van der Waals surface area (Å²) in [6, 6.07) is 17.0. The van der Waals surface area contributed by atoms with Gasteiger partial charge in [-0.1, -0.05) is 48.5 Å². The molecule has 7 heteroatoms. The lowest BCUT2D eigenvalue weighted by atomic mass is 10.2. The van der Waals surface area contributed by atoms with Gasteiger partial charge < -0.3 is 10.1 Å². The van der Waals surface area contributed by atoms with E-state index in [4.69, 9.17) is 12.2 Å². The topological polar surface area (TPSA) is 85.1 Å². The van der Waals surface area contributed by atoms with E-state index in [1.165, 1.54) is 0 Å². The summed E-state index contributed by atoms with van der Waals surface area (Å²) in [5.41, 5.74) is 4.67. The number of benzene rings is 2. The van der Waals surface area contributed by atoms with E-state index >= 15 is 0 Å². The maximum Gasteiger partial charge on any atom is 0.234 e. The van der Waals surface area contributed by atoms with Crippen LogP contribution in [0.15, 0.2) is 69.9 Å². The van der Waals surface area contributed by atoms with Gasteiger partial charge in [0.25, 0.3) is 0 Å². The highest BCUT2D eigenvalue weighted by Crippen LogP contribution is 2.35. The maximum atomic E-state index is 9.87. The van der Waals surface area contributed by atoms with Crippen LogP contribution in [0, 0.1) is 0 Å².